The summed E-state index contributed by atoms with van der Waals surface area (Å²) in [6, 6.07) is 73.9. The Bertz CT molecular complexity index is 2570. The fraction of sp³-hybridized carbons (Fsp3) is 0.0769. The van der Waals surface area contributed by atoms with Gasteiger partial charge in [-0.05, 0) is 103 Å². The van der Waals surface area contributed by atoms with Crippen LogP contribution in [-0.4, -0.2) is 0 Å². The van der Waals surface area contributed by atoms with Gasteiger partial charge in [0.05, 0.1) is 5.41 Å². The largest absolute Gasteiger partial charge is 0.310 e. The average molecular weight is 678 g/mol. The van der Waals surface area contributed by atoms with Gasteiger partial charge in [0.15, 0.2) is 0 Å². The number of benzene rings is 8. The Morgan fingerprint density at radius 2 is 0.736 bits per heavy atom. The maximum Gasteiger partial charge on any atom is 0.0713 e. The van der Waals surface area contributed by atoms with Crippen molar-refractivity contribution in [1.29, 1.82) is 0 Å². The molecule has 0 bridgehead atoms. The third-order valence-corrected chi connectivity index (χ3v) is 11.8. The minimum absolute atomic E-state index is 0.0973. The van der Waals surface area contributed by atoms with Crippen molar-refractivity contribution < 1.29 is 0 Å². The highest BCUT2D eigenvalue weighted by Crippen LogP contribution is 2.56. The summed E-state index contributed by atoms with van der Waals surface area (Å²) in [4.78, 5) is 2.42. The van der Waals surface area contributed by atoms with Crippen LogP contribution < -0.4 is 4.90 Å². The highest BCUT2D eigenvalue weighted by Gasteiger charge is 2.46. The van der Waals surface area contributed by atoms with Crippen LogP contribution in [0.25, 0.3) is 33.4 Å². The SMILES string of the molecule is CC1(C)c2ccccc2-c2ccc(N(c3ccc(-c4ccccc4)cc3)c3ccc(C4(c5ccccc5)c5ccccc5-c5ccccc54)cc3)cc21. The van der Waals surface area contributed by atoms with E-state index in [0.717, 1.165) is 17.1 Å². The molecule has 0 atom stereocenters. The van der Waals surface area contributed by atoms with Gasteiger partial charge < -0.3 is 4.90 Å². The lowest BCUT2D eigenvalue weighted by Gasteiger charge is -2.34. The highest BCUT2D eigenvalue weighted by atomic mass is 15.1. The molecule has 10 rings (SSSR count). The molecule has 0 spiro atoms. The molecule has 0 saturated heterocycles. The Morgan fingerprint density at radius 1 is 0.321 bits per heavy atom. The number of hydrogen-bond acceptors (Lipinski definition) is 1. The zero-order valence-electron chi connectivity index (χ0n) is 30.0. The summed E-state index contributed by atoms with van der Waals surface area (Å²) in [5, 5.41) is 0. The molecule has 2 aliphatic carbocycles. The number of anilines is 3. The van der Waals surface area contributed by atoms with Gasteiger partial charge in [-0.2, -0.15) is 0 Å². The van der Waals surface area contributed by atoms with Crippen molar-refractivity contribution in [2.45, 2.75) is 24.7 Å². The zero-order chi connectivity index (χ0) is 35.6. The smallest absolute Gasteiger partial charge is 0.0713 e. The molecule has 0 amide bonds. The Balaban J connectivity index is 1.14. The number of nitrogens with zero attached hydrogens (tertiary/aromatic N) is 1. The average Bonchev–Trinajstić information content (AvgIpc) is 3.65. The summed E-state index contributed by atoms with van der Waals surface area (Å²) in [6.45, 7) is 4.71. The lowest BCUT2D eigenvalue weighted by molar-refractivity contribution is 0.660. The second kappa shape index (κ2) is 12.1. The fourth-order valence-corrected chi connectivity index (χ4v) is 9.28. The number of hydrogen-bond donors (Lipinski definition) is 0. The third kappa shape index (κ3) is 4.70. The summed E-state index contributed by atoms with van der Waals surface area (Å²) in [7, 11) is 0. The van der Waals surface area contributed by atoms with Crippen molar-refractivity contribution in [3.8, 4) is 33.4 Å². The summed E-state index contributed by atoms with van der Waals surface area (Å²) < 4.78 is 0. The van der Waals surface area contributed by atoms with Crippen molar-refractivity contribution in [2.24, 2.45) is 0 Å². The molecular formula is C52H39N. The molecule has 1 heteroatoms. The molecule has 2 aliphatic rings. The highest BCUT2D eigenvalue weighted by molar-refractivity contribution is 5.88. The first-order valence-electron chi connectivity index (χ1n) is 18.6. The number of rotatable bonds is 6. The van der Waals surface area contributed by atoms with Crippen LogP contribution >= 0.6 is 0 Å². The fourth-order valence-electron chi connectivity index (χ4n) is 9.28. The van der Waals surface area contributed by atoms with Gasteiger partial charge in [-0.1, -0.05) is 178 Å². The van der Waals surface area contributed by atoms with Gasteiger partial charge in [-0.25, -0.2) is 0 Å². The Labute approximate surface area is 312 Å². The molecule has 1 nitrogen and oxygen atoms in total. The lowest BCUT2D eigenvalue weighted by atomic mass is 9.68. The van der Waals surface area contributed by atoms with E-state index in [1.807, 2.05) is 0 Å². The molecule has 252 valence electrons. The van der Waals surface area contributed by atoms with E-state index in [1.54, 1.807) is 0 Å². The first-order valence-corrected chi connectivity index (χ1v) is 18.6. The van der Waals surface area contributed by atoms with Crippen LogP contribution in [0.3, 0.4) is 0 Å². The van der Waals surface area contributed by atoms with E-state index in [1.165, 1.54) is 66.8 Å². The first-order chi connectivity index (χ1) is 26.0. The van der Waals surface area contributed by atoms with Gasteiger partial charge in [0.25, 0.3) is 0 Å². The van der Waals surface area contributed by atoms with Gasteiger partial charge in [0.2, 0.25) is 0 Å². The quantitative estimate of drug-likeness (QED) is 0.169. The normalized spacial score (nSPS) is 14.2. The van der Waals surface area contributed by atoms with E-state index in [4.69, 9.17) is 0 Å². The van der Waals surface area contributed by atoms with Crippen molar-refractivity contribution >= 4 is 17.1 Å². The van der Waals surface area contributed by atoms with Crippen LogP contribution in [0.4, 0.5) is 17.1 Å². The monoisotopic (exact) mass is 677 g/mol. The van der Waals surface area contributed by atoms with Crippen LogP contribution in [0, 0.1) is 0 Å². The molecule has 0 N–H and O–H groups in total. The molecule has 8 aromatic carbocycles. The minimum Gasteiger partial charge on any atom is -0.310 e. The van der Waals surface area contributed by atoms with Crippen LogP contribution in [0.15, 0.2) is 200 Å². The van der Waals surface area contributed by atoms with E-state index in [-0.39, 0.29) is 5.41 Å². The molecule has 0 aliphatic heterocycles. The first kappa shape index (κ1) is 31.3. The molecule has 8 aromatic rings. The van der Waals surface area contributed by atoms with E-state index in [2.05, 4.69) is 219 Å². The molecule has 0 unspecified atom stereocenters. The minimum atomic E-state index is -0.432. The Hall–Kier alpha value is -6.44. The van der Waals surface area contributed by atoms with Crippen molar-refractivity contribution in [3.63, 3.8) is 0 Å². The van der Waals surface area contributed by atoms with Gasteiger partial charge in [-0.3, -0.25) is 0 Å². The molecule has 0 saturated carbocycles. The van der Waals surface area contributed by atoms with Crippen molar-refractivity contribution in [1.82, 2.24) is 0 Å². The Kier molecular flexibility index (Phi) is 7.13. The second-order valence-corrected chi connectivity index (χ2v) is 14.9. The summed E-state index contributed by atoms with van der Waals surface area (Å²) >= 11 is 0. The van der Waals surface area contributed by atoms with Crippen molar-refractivity contribution in [2.75, 3.05) is 4.90 Å². The van der Waals surface area contributed by atoms with E-state index >= 15 is 0 Å². The number of fused-ring (bicyclic) bond motifs is 6. The predicted molar refractivity (Wildman–Crippen MR) is 221 cm³/mol. The van der Waals surface area contributed by atoms with Crippen LogP contribution in [-0.2, 0) is 10.8 Å². The summed E-state index contributed by atoms with van der Waals surface area (Å²) in [6.07, 6.45) is 0. The maximum absolute atomic E-state index is 2.42. The van der Waals surface area contributed by atoms with Gasteiger partial charge in [0.1, 0.15) is 0 Å². The topological polar surface area (TPSA) is 3.24 Å². The van der Waals surface area contributed by atoms with Gasteiger partial charge in [-0.15, -0.1) is 0 Å². The maximum atomic E-state index is 2.42. The van der Waals surface area contributed by atoms with Gasteiger partial charge in [0, 0.05) is 22.5 Å². The molecule has 53 heavy (non-hydrogen) atoms. The summed E-state index contributed by atoms with van der Waals surface area (Å²) in [5.74, 6) is 0. The van der Waals surface area contributed by atoms with Crippen LogP contribution in [0.5, 0.6) is 0 Å². The van der Waals surface area contributed by atoms with E-state index < -0.39 is 5.41 Å². The molecule has 0 aromatic heterocycles. The third-order valence-electron chi connectivity index (χ3n) is 11.8. The molecule has 0 radical (unpaired) electrons. The van der Waals surface area contributed by atoms with E-state index in [9.17, 15) is 0 Å². The van der Waals surface area contributed by atoms with Crippen molar-refractivity contribution in [3.05, 3.63) is 234 Å². The molecule has 0 fully saturated rings. The predicted octanol–water partition coefficient (Wildman–Crippen LogP) is 13.5. The van der Waals surface area contributed by atoms with Crippen LogP contribution in [0.1, 0.15) is 47.2 Å². The lowest BCUT2D eigenvalue weighted by Crippen LogP contribution is -2.28. The zero-order valence-corrected chi connectivity index (χ0v) is 30.0. The second-order valence-electron chi connectivity index (χ2n) is 14.9. The molecular weight excluding hydrogens is 639 g/mol. The summed E-state index contributed by atoms with van der Waals surface area (Å²) in [5.41, 5.74) is 18.5. The Morgan fingerprint density at radius 3 is 1.34 bits per heavy atom. The standard InChI is InChI=1S/C52H39N/c1-51(2)47-22-12-9-19-43(47)46-34-33-42(35-50(46)51)53(40-29-25-37(26-30-40)36-15-5-3-6-16-36)41-31-27-39(28-32-41)52(38-17-7-4-8-18-38)48-23-13-10-20-44(48)45-21-11-14-24-49(45)52/h3-35H,1-2H3. The van der Waals surface area contributed by atoms with Gasteiger partial charge >= 0.3 is 0 Å². The van der Waals surface area contributed by atoms with Crippen LogP contribution in [0.2, 0.25) is 0 Å². The molecule has 0 heterocycles. The van der Waals surface area contributed by atoms with E-state index in [0.29, 0.717) is 0 Å².